The van der Waals surface area contributed by atoms with Gasteiger partial charge in [-0.2, -0.15) is 0 Å². The number of amides is 1. The number of hydrogen-bond acceptors (Lipinski definition) is 3. The summed E-state index contributed by atoms with van der Waals surface area (Å²) in [6.07, 6.45) is 6.93. The minimum atomic E-state index is -2.70. The summed E-state index contributed by atoms with van der Waals surface area (Å²) >= 11 is 0. The zero-order valence-electron chi connectivity index (χ0n) is 12.8. The number of aliphatic hydroxyl groups is 1. The van der Waals surface area contributed by atoms with Gasteiger partial charge in [0.15, 0.2) is 0 Å². The van der Waals surface area contributed by atoms with Crippen molar-refractivity contribution >= 4 is 5.91 Å². The molecular formula is C16H24F2N2O2. The molecule has 2 heterocycles. The number of alkyl halides is 2. The second-order valence-electron chi connectivity index (χ2n) is 6.76. The first kappa shape index (κ1) is 15.9. The number of likely N-dealkylation sites (tertiary alicyclic amines) is 2. The highest BCUT2D eigenvalue weighted by molar-refractivity contribution is 5.79. The highest BCUT2D eigenvalue weighted by Crippen LogP contribution is 2.35. The van der Waals surface area contributed by atoms with Crippen LogP contribution in [0.15, 0.2) is 12.2 Å². The first-order valence-corrected chi connectivity index (χ1v) is 8.18. The van der Waals surface area contributed by atoms with E-state index < -0.39 is 12.0 Å². The fraction of sp³-hybridized carbons (Fsp3) is 0.812. The maximum Gasteiger partial charge on any atom is 0.262 e. The van der Waals surface area contributed by atoms with Crippen LogP contribution < -0.4 is 0 Å². The Labute approximate surface area is 129 Å². The second-order valence-corrected chi connectivity index (χ2v) is 6.76. The van der Waals surface area contributed by atoms with E-state index in [1.165, 1.54) is 0 Å². The molecule has 2 fully saturated rings. The number of hydrogen-bond donors (Lipinski definition) is 1. The highest BCUT2D eigenvalue weighted by Gasteiger charge is 2.47. The Kier molecular flexibility index (Phi) is 4.50. The number of nitrogens with zero attached hydrogens (tertiary/aromatic N) is 2. The monoisotopic (exact) mass is 314 g/mol. The topological polar surface area (TPSA) is 43.8 Å². The molecule has 0 radical (unpaired) electrons. The molecule has 0 aromatic carbocycles. The van der Waals surface area contributed by atoms with Crippen LogP contribution >= 0.6 is 0 Å². The van der Waals surface area contributed by atoms with Crippen molar-refractivity contribution in [1.29, 1.82) is 0 Å². The van der Waals surface area contributed by atoms with Gasteiger partial charge in [-0.15, -0.1) is 0 Å². The van der Waals surface area contributed by atoms with Crippen LogP contribution in [0.5, 0.6) is 0 Å². The van der Waals surface area contributed by atoms with Crippen LogP contribution in [-0.2, 0) is 4.79 Å². The predicted octanol–water partition coefficient (Wildman–Crippen LogP) is 1.65. The van der Waals surface area contributed by atoms with Gasteiger partial charge in [0.05, 0.1) is 13.2 Å². The zero-order chi connectivity index (χ0) is 15.7. The predicted molar refractivity (Wildman–Crippen MR) is 78.6 cm³/mol. The minimum Gasteiger partial charge on any atom is -0.395 e. The van der Waals surface area contributed by atoms with Gasteiger partial charge in [0, 0.05) is 37.5 Å². The Hall–Kier alpha value is -1.01. The standard InChI is InChI=1S/C16H24F2N2O2/c17-16(18)9-14(10-21)20(11-16)13-5-7-19(8-6-13)15(22)12-3-1-2-4-12/h1-2,12-14,21H,3-11H2/t14-/m0/s1. The van der Waals surface area contributed by atoms with E-state index >= 15 is 0 Å². The fourth-order valence-corrected chi connectivity index (χ4v) is 4.01. The van der Waals surface area contributed by atoms with Gasteiger partial charge in [-0.25, -0.2) is 8.78 Å². The lowest BCUT2D eigenvalue weighted by Gasteiger charge is -2.39. The molecule has 2 aliphatic heterocycles. The Morgan fingerprint density at radius 3 is 2.45 bits per heavy atom. The SMILES string of the molecule is O=C(C1CC=CC1)N1CCC(N2CC(F)(F)C[C@H]2CO)CC1. The summed E-state index contributed by atoms with van der Waals surface area (Å²) in [6.45, 7) is 0.798. The molecule has 1 amide bonds. The summed E-state index contributed by atoms with van der Waals surface area (Å²) in [5, 5.41) is 9.34. The van der Waals surface area contributed by atoms with Gasteiger partial charge in [0.2, 0.25) is 5.91 Å². The molecule has 0 aromatic heterocycles. The van der Waals surface area contributed by atoms with Crippen molar-refractivity contribution in [3.8, 4) is 0 Å². The molecule has 1 aliphatic carbocycles. The maximum absolute atomic E-state index is 13.6. The van der Waals surface area contributed by atoms with Crippen LogP contribution in [0.25, 0.3) is 0 Å². The zero-order valence-corrected chi connectivity index (χ0v) is 12.8. The molecular weight excluding hydrogens is 290 g/mol. The Bertz CT molecular complexity index is 439. The third kappa shape index (κ3) is 3.18. The first-order valence-electron chi connectivity index (χ1n) is 8.18. The van der Waals surface area contributed by atoms with Crippen LogP contribution in [0.2, 0.25) is 0 Å². The smallest absolute Gasteiger partial charge is 0.262 e. The fourth-order valence-electron chi connectivity index (χ4n) is 4.01. The van der Waals surface area contributed by atoms with Crippen molar-refractivity contribution in [3.05, 3.63) is 12.2 Å². The molecule has 3 rings (SSSR count). The summed E-state index contributed by atoms with van der Waals surface area (Å²) in [5.41, 5.74) is 0. The molecule has 22 heavy (non-hydrogen) atoms. The maximum atomic E-state index is 13.6. The third-order valence-electron chi connectivity index (χ3n) is 5.23. The number of piperidine rings is 1. The molecule has 0 spiro atoms. The van der Waals surface area contributed by atoms with E-state index in [1.54, 1.807) is 4.90 Å². The summed E-state index contributed by atoms with van der Waals surface area (Å²) in [4.78, 5) is 16.0. The van der Waals surface area contributed by atoms with Crippen molar-refractivity contribution in [3.63, 3.8) is 0 Å². The average Bonchev–Trinajstić information content (AvgIpc) is 3.14. The Morgan fingerprint density at radius 2 is 1.86 bits per heavy atom. The van der Waals surface area contributed by atoms with Gasteiger partial charge < -0.3 is 10.0 Å². The van der Waals surface area contributed by atoms with E-state index in [0.29, 0.717) is 13.1 Å². The molecule has 0 saturated carbocycles. The van der Waals surface area contributed by atoms with Crippen LogP contribution in [0.3, 0.4) is 0 Å². The van der Waals surface area contributed by atoms with E-state index in [-0.39, 0.29) is 37.4 Å². The van der Waals surface area contributed by atoms with Gasteiger partial charge in [0.25, 0.3) is 5.92 Å². The number of carbonyl (C=O) groups excluding carboxylic acids is 1. The van der Waals surface area contributed by atoms with Crippen molar-refractivity contribution in [2.75, 3.05) is 26.2 Å². The third-order valence-corrected chi connectivity index (χ3v) is 5.23. The molecule has 4 nitrogen and oxygen atoms in total. The number of aliphatic hydroxyl groups excluding tert-OH is 1. The van der Waals surface area contributed by atoms with Crippen molar-refractivity contribution < 1.29 is 18.7 Å². The highest BCUT2D eigenvalue weighted by atomic mass is 19.3. The molecule has 0 aromatic rings. The lowest BCUT2D eigenvalue weighted by Crippen LogP contribution is -2.50. The van der Waals surface area contributed by atoms with Crippen LogP contribution in [0, 0.1) is 5.92 Å². The Balaban J connectivity index is 1.54. The number of carbonyl (C=O) groups is 1. The van der Waals surface area contributed by atoms with Crippen molar-refractivity contribution in [1.82, 2.24) is 9.80 Å². The van der Waals surface area contributed by atoms with Crippen molar-refractivity contribution in [2.24, 2.45) is 5.92 Å². The molecule has 1 N–H and O–H groups in total. The van der Waals surface area contributed by atoms with E-state index in [4.69, 9.17) is 0 Å². The normalized spacial score (nSPS) is 30.3. The van der Waals surface area contributed by atoms with Crippen LogP contribution in [-0.4, -0.2) is 65.1 Å². The Morgan fingerprint density at radius 1 is 1.23 bits per heavy atom. The second kappa shape index (κ2) is 6.24. The lowest BCUT2D eigenvalue weighted by molar-refractivity contribution is -0.137. The number of rotatable bonds is 3. The van der Waals surface area contributed by atoms with Gasteiger partial charge in [0.1, 0.15) is 0 Å². The average molecular weight is 314 g/mol. The number of allylic oxidation sites excluding steroid dienone is 2. The summed E-state index contributed by atoms with van der Waals surface area (Å²) in [5.74, 6) is -2.41. The van der Waals surface area contributed by atoms with Gasteiger partial charge >= 0.3 is 0 Å². The first-order chi connectivity index (χ1) is 10.5. The van der Waals surface area contributed by atoms with Crippen LogP contribution in [0.1, 0.15) is 32.1 Å². The van der Waals surface area contributed by atoms with Crippen molar-refractivity contribution in [2.45, 2.75) is 50.1 Å². The molecule has 0 bridgehead atoms. The van der Waals surface area contributed by atoms with E-state index in [1.807, 2.05) is 17.1 Å². The van der Waals surface area contributed by atoms with E-state index in [0.717, 1.165) is 25.7 Å². The lowest BCUT2D eigenvalue weighted by atomic mass is 9.99. The molecule has 3 aliphatic rings. The van der Waals surface area contributed by atoms with Gasteiger partial charge in [-0.05, 0) is 25.7 Å². The van der Waals surface area contributed by atoms with E-state index in [9.17, 15) is 18.7 Å². The molecule has 124 valence electrons. The molecule has 6 heteroatoms. The molecule has 0 unspecified atom stereocenters. The van der Waals surface area contributed by atoms with E-state index in [2.05, 4.69) is 0 Å². The number of halogens is 2. The van der Waals surface area contributed by atoms with Crippen LogP contribution in [0.4, 0.5) is 8.78 Å². The molecule has 1 atom stereocenters. The minimum absolute atomic E-state index is 0.0521. The quantitative estimate of drug-likeness (QED) is 0.806. The molecule has 2 saturated heterocycles. The van der Waals surface area contributed by atoms with Gasteiger partial charge in [-0.1, -0.05) is 12.2 Å². The largest absolute Gasteiger partial charge is 0.395 e. The van der Waals surface area contributed by atoms with Gasteiger partial charge in [-0.3, -0.25) is 9.69 Å². The summed E-state index contributed by atoms with van der Waals surface area (Å²) < 4.78 is 27.1. The summed E-state index contributed by atoms with van der Waals surface area (Å²) in [7, 11) is 0. The summed E-state index contributed by atoms with van der Waals surface area (Å²) in [6, 6.07) is -0.391.